The zero-order valence-electron chi connectivity index (χ0n) is 13.3. The second kappa shape index (κ2) is 6.38. The van der Waals surface area contributed by atoms with E-state index in [-0.39, 0.29) is 18.5 Å². The highest BCUT2D eigenvalue weighted by molar-refractivity contribution is 5.81. The number of rotatable bonds is 4. The fraction of sp³-hybridized carbons (Fsp3) is 0.867. The van der Waals surface area contributed by atoms with E-state index in [0.29, 0.717) is 13.0 Å². The maximum absolute atomic E-state index is 12.6. The van der Waals surface area contributed by atoms with Crippen LogP contribution in [0.1, 0.15) is 40.0 Å². The first kappa shape index (κ1) is 17.0. The van der Waals surface area contributed by atoms with E-state index in [1.807, 2.05) is 0 Å². The van der Waals surface area contributed by atoms with Crippen LogP contribution in [0.3, 0.4) is 0 Å². The Hall–Kier alpha value is -1.40. The van der Waals surface area contributed by atoms with Gasteiger partial charge in [-0.05, 0) is 40.0 Å². The molecule has 0 bridgehead atoms. The molecule has 0 radical (unpaired) electrons. The summed E-state index contributed by atoms with van der Waals surface area (Å²) in [6, 6.07) is -0.0444. The molecule has 0 aromatic carbocycles. The highest BCUT2D eigenvalue weighted by atomic mass is 19.3. The summed E-state index contributed by atoms with van der Waals surface area (Å²) in [5, 5.41) is 0. The van der Waals surface area contributed by atoms with Crippen LogP contribution in [-0.2, 0) is 9.53 Å². The van der Waals surface area contributed by atoms with E-state index in [1.54, 1.807) is 20.8 Å². The molecule has 22 heavy (non-hydrogen) atoms. The third kappa shape index (κ3) is 4.55. The van der Waals surface area contributed by atoms with Gasteiger partial charge in [0.2, 0.25) is 5.91 Å². The number of nitrogens with zero attached hydrogens (tertiary/aromatic N) is 2. The molecule has 2 aliphatic rings. The van der Waals surface area contributed by atoms with Crippen LogP contribution in [0.4, 0.5) is 13.6 Å². The minimum absolute atomic E-state index is 0.0444. The molecule has 1 saturated heterocycles. The molecular formula is C15H24F2N2O3. The van der Waals surface area contributed by atoms with Gasteiger partial charge in [-0.25, -0.2) is 13.6 Å². The van der Waals surface area contributed by atoms with Crippen LogP contribution in [0, 0.1) is 5.92 Å². The minimum atomic E-state index is -2.52. The molecule has 2 fully saturated rings. The fourth-order valence-corrected chi connectivity index (χ4v) is 2.64. The lowest BCUT2D eigenvalue weighted by Gasteiger charge is -2.26. The van der Waals surface area contributed by atoms with Gasteiger partial charge in [-0.15, -0.1) is 0 Å². The fourth-order valence-electron chi connectivity index (χ4n) is 2.64. The van der Waals surface area contributed by atoms with Crippen molar-refractivity contribution in [2.24, 2.45) is 5.92 Å². The number of halogens is 2. The van der Waals surface area contributed by atoms with Crippen LogP contribution < -0.4 is 0 Å². The van der Waals surface area contributed by atoms with Gasteiger partial charge in [0, 0.05) is 19.1 Å². The summed E-state index contributed by atoms with van der Waals surface area (Å²) in [7, 11) is 0. The van der Waals surface area contributed by atoms with E-state index in [9.17, 15) is 18.4 Å². The van der Waals surface area contributed by atoms with Gasteiger partial charge in [-0.2, -0.15) is 0 Å². The van der Waals surface area contributed by atoms with Crippen molar-refractivity contribution in [1.29, 1.82) is 0 Å². The highest BCUT2D eigenvalue weighted by Crippen LogP contribution is 2.31. The molecule has 1 aliphatic heterocycles. The number of carbonyl (C=O) groups excluding carboxylic acids is 2. The molecule has 2 amide bonds. The van der Waals surface area contributed by atoms with Gasteiger partial charge in [0.05, 0.1) is 12.5 Å². The van der Waals surface area contributed by atoms with Gasteiger partial charge in [-0.1, -0.05) is 0 Å². The van der Waals surface area contributed by atoms with E-state index < -0.39 is 30.6 Å². The molecule has 1 aliphatic carbocycles. The quantitative estimate of drug-likeness (QED) is 0.800. The van der Waals surface area contributed by atoms with Crippen molar-refractivity contribution in [1.82, 2.24) is 9.80 Å². The van der Waals surface area contributed by atoms with Crippen molar-refractivity contribution in [3.8, 4) is 0 Å². The number of carbonyl (C=O) groups is 2. The Bertz CT molecular complexity index is 433. The molecule has 0 unspecified atom stereocenters. The largest absolute Gasteiger partial charge is 0.444 e. The average molecular weight is 318 g/mol. The third-order valence-electron chi connectivity index (χ3n) is 3.79. The molecule has 2 rings (SSSR count). The van der Waals surface area contributed by atoms with Crippen LogP contribution in [0.25, 0.3) is 0 Å². The zero-order valence-corrected chi connectivity index (χ0v) is 13.3. The first-order valence-corrected chi connectivity index (χ1v) is 7.74. The standard InChI is InChI=1S/C15H24F2N2O3/c1-15(2,3)22-14(21)18-7-6-10(8-18)13(20)19(9-12(16)17)11-4-5-11/h10-12H,4-9H2,1-3H3/t10-/m1/s1. The molecule has 0 aromatic rings. The van der Waals surface area contributed by atoms with Crippen LogP contribution in [-0.4, -0.2) is 59.5 Å². The Morgan fingerprint density at radius 1 is 1.27 bits per heavy atom. The summed E-state index contributed by atoms with van der Waals surface area (Å²) in [6.07, 6.45) is -0.880. The number of amides is 2. The lowest BCUT2D eigenvalue weighted by atomic mass is 10.1. The van der Waals surface area contributed by atoms with E-state index in [0.717, 1.165) is 12.8 Å². The lowest BCUT2D eigenvalue weighted by Crippen LogP contribution is -2.42. The van der Waals surface area contributed by atoms with Crippen LogP contribution >= 0.6 is 0 Å². The molecule has 0 N–H and O–H groups in total. The maximum atomic E-state index is 12.6. The van der Waals surface area contributed by atoms with Gasteiger partial charge >= 0.3 is 6.09 Å². The molecule has 1 heterocycles. The summed E-state index contributed by atoms with van der Waals surface area (Å²) in [5.74, 6) is -0.652. The first-order valence-electron chi connectivity index (χ1n) is 7.74. The maximum Gasteiger partial charge on any atom is 0.410 e. The van der Waals surface area contributed by atoms with E-state index in [4.69, 9.17) is 4.74 Å². The molecule has 0 aromatic heterocycles. The van der Waals surface area contributed by atoms with Crippen LogP contribution in [0.2, 0.25) is 0 Å². The zero-order chi connectivity index (χ0) is 16.5. The van der Waals surface area contributed by atoms with E-state index >= 15 is 0 Å². The van der Waals surface area contributed by atoms with Gasteiger partial charge in [0.25, 0.3) is 6.43 Å². The van der Waals surface area contributed by atoms with Crippen molar-refractivity contribution < 1.29 is 23.1 Å². The normalized spacial score (nSPS) is 22.1. The topological polar surface area (TPSA) is 49.9 Å². The van der Waals surface area contributed by atoms with Crippen molar-refractivity contribution in [2.75, 3.05) is 19.6 Å². The van der Waals surface area contributed by atoms with E-state index in [1.165, 1.54) is 9.80 Å². The minimum Gasteiger partial charge on any atom is -0.444 e. The number of likely N-dealkylation sites (tertiary alicyclic amines) is 1. The Morgan fingerprint density at radius 3 is 2.41 bits per heavy atom. The summed E-state index contributed by atoms with van der Waals surface area (Å²) < 4.78 is 30.5. The third-order valence-corrected chi connectivity index (χ3v) is 3.79. The Kier molecular flexibility index (Phi) is 4.92. The second-order valence-electron chi connectivity index (χ2n) is 7.02. The second-order valence-corrected chi connectivity index (χ2v) is 7.02. The Labute approximate surface area is 129 Å². The number of hydrogen-bond acceptors (Lipinski definition) is 3. The molecular weight excluding hydrogens is 294 g/mol. The number of alkyl halides is 2. The summed E-state index contributed by atoms with van der Waals surface area (Å²) in [6.45, 7) is 5.51. The summed E-state index contributed by atoms with van der Waals surface area (Å²) >= 11 is 0. The van der Waals surface area contributed by atoms with Crippen molar-refractivity contribution in [2.45, 2.75) is 58.1 Å². The predicted octanol–water partition coefficient (Wildman–Crippen LogP) is 2.50. The number of ether oxygens (including phenoxy) is 1. The molecule has 0 spiro atoms. The predicted molar refractivity (Wildman–Crippen MR) is 76.7 cm³/mol. The molecule has 5 nitrogen and oxygen atoms in total. The van der Waals surface area contributed by atoms with Crippen molar-refractivity contribution in [3.63, 3.8) is 0 Å². The van der Waals surface area contributed by atoms with Crippen molar-refractivity contribution >= 4 is 12.0 Å². The summed E-state index contributed by atoms with van der Waals surface area (Å²) in [4.78, 5) is 27.2. The average Bonchev–Trinajstić information content (AvgIpc) is 3.09. The lowest BCUT2D eigenvalue weighted by molar-refractivity contribution is -0.137. The van der Waals surface area contributed by atoms with Gasteiger partial charge in [0.1, 0.15) is 5.60 Å². The van der Waals surface area contributed by atoms with Gasteiger partial charge < -0.3 is 14.5 Å². The monoisotopic (exact) mass is 318 g/mol. The number of hydrogen-bond donors (Lipinski definition) is 0. The SMILES string of the molecule is CC(C)(C)OC(=O)N1CC[C@@H](C(=O)N(CC(F)F)C2CC2)C1. The van der Waals surface area contributed by atoms with Crippen LogP contribution in [0.5, 0.6) is 0 Å². The smallest absolute Gasteiger partial charge is 0.410 e. The molecule has 7 heteroatoms. The van der Waals surface area contributed by atoms with E-state index in [2.05, 4.69) is 0 Å². The van der Waals surface area contributed by atoms with Crippen LogP contribution in [0.15, 0.2) is 0 Å². The Balaban J connectivity index is 1.91. The molecule has 1 saturated carbocycles. The molecule has 1 atom stereocenters. The molecule has 126 valence electrons. The highest BCUT2D eigenvalue weighted by Gasteiger charge is 2.40. The van der Waals surface area contributed by atoms with Gasteiger partial charge in [-0.3, -0.25) is 4.79 Å². The van der Waals surface area contributed by atoms with Gasteiger partial charge in [0.15, 0.2) is 0 Å². The summed E-state index contributed by atoms with van der Waals surface area (Å²) in [5.41, 5.74) is -0.588. The van der Waals surface area contributed by atoms with Crippen molar-refractivity contribution in [3.05, 3.63) is 0 Å². The first-order chi connectivity index (χ1) is 10.2. The Morgan fingerprint density at radius 2 is 1.91 bits per heavy atom.